The van der Waals surface area contributed by atoms with Gasteiger partial charge in [0, 0.05) is 59.5 Å². The molecule has 6 rings (SSSR count). The number of benzene rings is 2. The van der Waals surface area contributed by atoms with Crippen LogP contribution in [0, 0.1) is 11.8 Å². The summed E-state index contributed by atoms with van der Waals surface area (Å²) < 4.78 is 0. The fourth-order valence-corrected chi connectivity index (χ4v) is 5.05. The predicted octanol–water partition coefficient (Wildman–Crippen LogP) is 2.94. The molecule has 0 saturated carbocycles. The second kappa shape index (κ2) is 6.81. The Kier molecular flexibility index (Phi) is 4.04. The van der Waals surface area contributed by atoms with E-state index in [1.165, 1.54) is 0 Å². The number of nitrogens with one attached hydrogen (secondary N) is 2. The Bertz CT molecular complexity index is 1330. The standard InChI is InChI=1S/C22H19ClN6O2/c23-16-2-4-17-13(5-16)7-20(24-17)22(31)29-10-14-8-28(9-15(14)11-29)21(30)12-1-3-18-19(6-12)26-27-25-18/h1-7,14-15,24H,8-11H2,(H,25,26,27). The zero-order valence-electron chi connectivity index (χ0n) is 16.5. The molecule has 4 aromatic rings. The number of likely N-dealkylation sites (tertiary alicyclic amines) is 2. The summed E-state index contributed by atoms with van der Waals surface area (Å²) in [4.78, 5) is 33.0. The van der Waals surface area contributed by atoms with Crippen molar-refractivity contribution in [3.63, 3.8) is 0 Å². The van der Waals surface area contributed by atoms with Gasteiger partial charge < -0.3 is 14.8 Å². The molecule has 2 unspecified atom stereocenters. The number of rotatable bonds is 2. The highest BCUT2D eigenvalue weighted by atomic mass is 35.5. The van der Waals surface area contributed by atoms with Gasteiger partial charge in [-0.2, -0.15) is 0 Å². The number of hydrogen-bond acceptors (Lipinski definition) is 4. The number of H-pyrrole nitrogens is 2. The zero-order valence-corrected chi connectivity index (χ0v) is 17.3. The third-order valence-electron chi connectivity index (χ3n) is 6.45. The smallest absolute Gasteiger partial charge is 0.270 e. The van der Waals surface area contributed by atoms with E-state index in [9.17, 15) is 9.59 Å². The first kappa shape index (κ1) is 18.4. The first-order chi connectivity index (χ1) is 15.0. The quantitative estimate of drug-likeness (QED) is 0.506. The molecule has 0 spiro atoms. The summed E-state index contributed by atoms with van der Waals surface area (Å²) in [5.41, 5.74) is 3.58. The minimum atomic E-state index is -0.00363. The van der Waals surface area contributed by atoms with Crippen LogP contribution < -0.4 is 0 Å². The van der Waals surface area contributed by atoms with Gasteiger partial charge in [-0.05, 0) is 42.5 Å². The number of fused-ring (bicyclic) bond motifs is 3. The lowest BCUT2D eigenvalue weighted by Crippen LogP contribution is -2.35. The van der Waals surface area contributed by atoms with Crippen LogP contribution in [0.5, 0.6) is 0 Å². The molecule has 31 heavy (non-hydrogen) atoms. The van der Waals surface area contributed by atoms with Gasteiger partial charge in [-0.3, -0.25) is 14.7 Å². The van der Waals surface area contributed by atoms with E-state index in [0.29, 0.717) is 59.8 Å². The van der Waals surface area contributed by atoms with Crippen LogP contribution in [-0.4, -0.2) is 68.2 Å². The van der Waals surface area contributed by atoms with Crippen molar-refractivity contribution in [2.24, 2.45) is 11.8 Å². The Labute approximate surface area is 182 Å². The maximum absolute atomic E-state index is 13.0. The van der Waals surface area contributed by atoms with Crippen LogP contribution in [0.4, 0.5) is 0 Å². The van der Waals surface area contributed by atoms with Crippen molar-refractivity contribution in [2.75, 3.05) is 26.2 Å². The maximum atomic E-state index is 13.0. The monoisotopic (exact) mass is 434 g/mol. The predicted molar refractivity (Wildman–Crippen MR) is 116 cm³/mol. The van der Waals surface area contributed by atoms with Gasteiger partial charge in [0.25, 0.3) is 11.8 Å². The molecular formula is C22H19ClN6O2. The van der Waals surface area contributed by atoms with E-state index in [0.717, 1.165) is 16.4 Å². The van der Waals surface area contributed by atoms with Crippen molar-refractivity contribution in [2.45, 2.75) is 0 Å². The lowest BCUT2D eigenvalue weighted by Gasteiger charge is -2.21. The SMILES string of the molecule is O=C(c1ccc2[nH]nnc2c1)N1CC2CN(C(=O)c3cc4cc(Cl)ccc4[nH]3)CC2C1. The molecule has 8 nitrogen and oxygen atoms in total. The number of carbonyl (C=O) groups excluding carboxylic acids is 2. The molecule has 2 aromatic heterocycles. The van der Waals surface area contributed by atoms with Crippen LogP contribution in [0.15, 0.2) is 42.5 Å². The third-order valence-corrected chi connectivity index (χ3v) is 6.68. The van der Waals surface area contributed by atoms with Gasteiger partial charge in [0.05, 0.1) is 5.52 Å². The van der Waals surface area contributed by atoms with Crippen molar-refractivity contribution in [3.8, 4) is 0 Å². The normalized spacial score (nSPS) is 20.7. The van der Waals surface area contributed by atoms with Crippen molar-refractivity contribution >= 4 is 45.4 Å². The molecule has 2 atom stereocenters. The first-order valence-corrected chi connectivity index (χ1v) is 10.6. The minimum Gasteiger partial charge on any atom is -0.351 e. The summed E-state index contributed by atoms with van der Waals surface area (Å²) in [5, 5.41) is 12.1. The fraction of sp³-hybridized carbons (Fsp3) is 0.273. The van der Waals surface area contributed by atoms with E-state index < -0.39 is 0 Å². The van der Waals surface area contributed by atoms with Crippen molar-refractivity contribution in [3.05, 3.63) is 58.7 Å². The molecule has 9 heteroatoms. The number of halogens is 1. The zero-order chi connectivity index (χ0) is 21.1. The highest BCUT2D eigenvalue weighted by Gasteiger charge is 2.43. The van der Waals surface area contributed by atoms with Crippen LogP contribution in [-0.2, 0) is 0 Å². The van der Waals surface area contributed by atoms with Crippen LogP contribution in [0.2, 0.25) is 5.02 Å². The average Bonchev–Trinajstić information content (AvgIpc) is 3.53. The van der Waals surface area contributed by atoms with Crippen LogP contribution in [0.1, 0.15) is 20.8 Å². The summed E-state index contributed by atoms with van der Waals surface area (Å²) in [6, 6.07) is 12.8. The molecule has 0 radical (unpaired) electrons. The van der Waals surface area contributed by atoms with Gasteiger partial charge in [0.15, 0.2) is 0 Å². The number of hydrogen-bond donors (Lipinski definition) is 2. The fourth-order valence-electron chi connectivity index (χ4n) is 4.87. The molecule has 2 aromatic carbocycles. The van der Waals surface area contributed by atoms with Gasteiger partial charge >= 0.3 is 0 Å². The highest BCUT2D eigenvalue weighted by molar-refractivity contribution is 6.31. The van der Waals surface area contributed by atoms with Gasteiger partial charge in [-0.1, -0.05) is 16.8 Å². The highest BCUT2D eigenvalue weighted by Crippen LogP contribution is 2.33. The Morgan fingerprint density at radius 2 is 1.61 bits per heavy atom. The number of aromatic nitrogens is 4. The summed E-state index contributed by atoms with van der Waals surface area (Å²) in [6.45, 7) is 2.64. The molecule has 0 aliphatic carbocycles. The van der Waals surface area contributed by atoms with Gasteiger partial charge in [-0.25, -0.2) is 0 Å². The Balaban J connectivity index is 1.15. The van der Waals surface area contributed by atoms with Crippen molar-refractivity contribution in [1.29, 1.82) is 0 Å². The molecule has 2 amide bonds. The van der Waals surface area contributed by atoms with Gasteiger partial charge in [-0.15, -0.1) is 5.10 Å². The average molecular weight is 435 g/mol. The van der Waals surface area contributed by atoms with E-state index in [1.807, 2.05) is 34.1 Å². The number of amides is 2. The van der Waals surface area contributed by atoms with E-state index >= 15 is 0 Å². The summed E-state index contributed by atoms with van der Waals surface area (Å²) >= 11 is 6.06. The maximum Gasteiger partial charge on any atom is 0.270 e. The van der Waals surface area contributed by atoms with Gasteiger partial charge in [0.1, 0.15) is 11.2 Å². The summed E-state index contributed by atoms with van der Waals surface area (Å²) in [6.07, 6.45) is 0. The molecule has 4 heterocycles. The first-order valence-electron chi connectivity index (χ1n) is 10.2. The molecular weight excluding hydrogens is 416 g/mol. The second-order valence-corrected chi connectivity index (χ2v) is 8.84. The third kappa shape index (κ3) is 3.06. The molecule has 2 aliphatic rings. The van der Waals surface area contributed by atoms with Gasteiger partial charge in [0.2, 0.25) is 0 Å². The molecule has 0 bridgehead atoms. The molecule has 2 fully saturated rings. The Hall–Kier alpha value is -3.39. The van der Waals surface area contributed by atoms with Crippen LogP contribution in [0.3, 0.4) is 0 Å². The Morgan fingerprint density at radius 1 is 0.903 bits per heavy atom. The van der Waals surface area contributed by atoms with Crippen molar-refractivity contribution in [1.82, 2.24) is 30.2 Å². The van der Waals surface area contributed by atoms with Crippen LogP contribution in [0.25, 0.3) is 21.9 Å². The second-order valence-electron chi connectivity index (χ2n) is 8.40. The molecule has 2 saturated heterocycles. The topological polar surface area (TPSA) is 98.0 Å². The van der Waals surface area contributed by atoms with Crippen LogP contribution >= 0.6 is 11.6 Å². The summed E-state index contributed by atoms with van der Waals surface area (Å²) in [5.74, 6) is 0.589. The molecule has 2 aliphatic heterocycles. The van der Waals surface area contributed by atoms with E-state index in [2.05, 4.69) is 20.4 Å². The largest absolute Gasteiger partial charge is 0.351 e. The minimum absolute atomic E-state index is 0.00363. The lowest BCUT2D eigenvalue weighted by atomic mass is 10.0. The van der Waals surface area contributed by atoms with E-state index in [-0.39, 0.29) is 11.8 Å². The molecule has 2 N–H and O–H groups in total. The van der Waals surface area contributed by atoms with Crippen molar-refractivity contribution < 1.29 is 9.59 Å². The van der Waals surface area contributed by atoms with E-state index in [4.69, 9.17) is 11.6 Å². The lowest BCUT2D eigenvalue weighted by molar-refractivity contribution is 0.0736. The number of carbonyl (C=O) groups is 2. The number of aromatic amines is 2. The number of nitrogens with zero attached hydrogens (tertiary/aromatic N) is 4. The molecule has 156 valence electrons. The summed E-state index contributed by atoms with van der Waals surface area (Å²) in [7, 11) is 0. The Morgan fingerprint density at radius 3 is 2.39 bits per heavy atom. The van der Waals surface area contributed by atoms with E-state index in [1.54, 1.807) is 18.2 Å².